The predicted molar refractivity (Wildman–Crippen MR) is 100 cm³/mol. The fourth-order valence-electron chi connectivity index (χ4n) is 2.40. The Morgan fingerprint density at radius 1 is 1.11 bits per heavy atom. The molecule has 0 spiro atoms. The van der Waals surface area contributed by atoms with Gasteiger partial charge in [-0.3, -0.25) is 4.79 Å². The molecule has 27 heavy (non-hydrogen) atoms. The molecule has 150 valence electrons. The van der Waals surface area contributed by atoms with E-state index in [1.165, 1.54) is 13.2 Å². The highest BCUT2D eigenvalue weighted by molar-refractivity contribution is 7.32. The van der Waals surface area contributed by atoms with Gasteiger partial charge >= 0.3 is 14.4 Å². The van der Waals surface area contributed by atoms with Crippen LogP contribution in [-0.4, -0.2) is 23.9 Å². The maximum absolute atomic E-state index is 13.5. The lowest BCUT2D eigenvalue weighted by molar-refractivity contribution is -0.185. The minimum absolute atomic E-state index is 0.221. The number of halogens is 2. The van der Waals surface area contributed by atoms with Crippen LogP contribution in [0.5, 0.6) is 5.75 Å². The molecule has 0 saturated heterocycles. The van der Waals surface area contributed by atoms with Crippen LogP contribution in [0.3, 0.4) is 0 Å². The number of carbonyl (C=O) groups is 1. The SMILES string of the molecule is COc1c(/C=C/C(=O)C(F)(F)O[P+](=O)O)cc(C(C)(C)C)cc1C(C)(C)C. The molecule has 1 aromatic rings. The third-order valence-corrected chi connectivity index (χ3v) is 4.28. The standard InChI is InChI=1S/C19H25F2O5P/c1-17(2,3)13-10-12(16(25-7)14(11-13)18(4,5)6)8-9-15(22)19(20,21)26-27(23)24/h8-11H,1-7H3/p+1/b9-8+. The van der Waals surface area contributed by atoms with Crippen LogP contribution in [0.4, 0.5) is 8.78 Å². The predicted octanol–water partition coefficient (Wildman–Crippen LogP) is 5.13. The maximum atomic E-state index is 13.5. The van der Waals surface area contributed by atoms with Gasteiger partial charge in [0.1, 0.15) is 5.75 Å². The fraction of sp³-hybridized carbons (Fsp3) is 0.526. The van der Waals surface area contributed by atoms with Crippen molar-refractivity contribution >= 4 is 20.1 Å². The molecule has 0 radical (unpaired) electrons. The molecule has 0 heterocycles. The van der Waals surface area contributed by atoms with Gasteiger partial charge in [-0.1, -0.05) is 47.6 Å². The minimum Gasteiger partial charge on any atom is -0.496 e. The minimum atomic E-state index is -4.39. The van der Waals surface area contributed by atoms with Gasteiger partial charge in [0.05, 0.1) is 7.11 Å². The Balaban J connectivity index is 3.49. The molecule has 8 heteroatoms. The van der Waals surface area contributed by atoms with Gasteiger partial charge in [0.2, 0.25) is 0 Å². The third-order valence-electron chi connectivity index (χ3n) is 3.89. The number of ketones is 1. The van der Waals surface area contributed by atoms with Crippen LogP contribution in [0.15, 0.2) is 18.2 Å². The van der Waals surface area contributed by atoms with Crippen molar-refractivity contribution in [2.24, 2.45) is 0 Å². The summed E-state index contributed by atoms with van der Waals surface area (Å²) in [6, 6.07) is 3.77. The maximum Gasteiger partial charge on any atom is 0.701 e. The number of hydrogen-bond donors (Lipinski definition) is 1. The van der Waals surface area contributed by atoms with Gasteiger partial charge in [-0.15, -0.1) is 4.89 Å². The van der Waals surface area contributed by atoms with E-state index in [9.17, 15) is 18.1 Å². The zero-order chi connectivity index (χ0) is 21.2. The van der Waals surface area contributed by atoms with E-state index >= 15 is 0 Å². The highest BCUT2D eigenvalue weighted by Crippen LogP contribution is 2.39. The Morgan fingerprint density at radius 2 is 1.67 bits per heavy atom. The molecular weight excluding hydrogens is 377 g/mol. The molecule has 0 aliphatic rings. The molecule has 0 aromatic heterocycles. The zero-order valence-electron chi connectivity index (χ0n) is 16.6. The van der Waals surface area contributed by atoms with Crippen LogP contribution < -0.4 is 4.74 Å². The van der Waals surface area contributed by atoms with E-state index in [1.807, 2.05) is 47.6 Å². The number of alkyl halides is 2. The van der Waals surface area contributed by atoms with E-state index in [4.69, 9.17) is 9.63 Å². The van der Waals surface area contributed by atoms with Crippen molar-refractivity contribution in [1.29, 1.82) is 0 Å². The Bertz CT molecular complexity index is 759. The van der Waals surface area contributed by atoms with Crippen molar-refractivity contribution in [1.82, 2.24) is 0 Å². The molecule has 1 aromatic carbocycles. The summed E-state index contributed by atoms with van der Waals surface area (Å²) in [4.78, 5) is 20.2. The first-order chi connectivity index (χ1) is 12.1. The van der Waals surface area contributed by atoms with Gasteiger partial charge < -0.3 is 4.74 Å². The number of methoxy groups -OCH3 is 1. The summed E-state index contributed by atoms with van der Waals surface area (Å²) in [7, 11) is -2.15. The van der Waals surface area contributed by atoms with Crippen molar-refractivity contribution < 1.29 is 32.3 Å². The first-order valence-corrected chi connectivity index (χ1v) is 9.41. The summed E-state index contributed by atoms with van der Waals surface area (Å²) in [5, 5.41) is 0. The molecule has 5 nitrogen and oxygen atoms in total. The van der Waals surface area contributed by atoms with Crippen LogP contribution in [-0.2, 0) is 24.7 Å². The molecule has 0 amide bonds. The second kappa shape index (κ2) is 8.13. The molecule has 0 fully saturated rings. The van der Waals surface area contributed by atoms with Crippen molar-refractivity contribution in [3.05, 3.63) is 34.9 Å². The molecule has 0 aliphatic heterocycles. The van der Waals surface area contributed by atoms with Crippen molar-refractivity contribution in [3.8, 4) is 5.75 Å². The van der Waals surface area contributed by atoms with Crippen LogP contribution >= 0.6 is 8.25 Å². The van der Waals surface area contributed by atoms with Gasteiger partial charge in [-0.2, -0.15) is 8.78 Å². The second-order valence-electron chi connectivity index (χ2n) is 8.19. The zero-order valence-corrected chi connectivity index (χ0v) is 17.5. The lowest BCUT2D eigenvalue weighted by Gasteiger charge is -2.28. The second-order valence-corrected chi connectivity index (χ2v) is 8.85. The third kappa shape index (κ3) is 6.16. The van der Waals surface area contributed by atoms with Gasteiger partial charge in [0, 0.05) is 15.7 Å². The van der Waals surface area contributed by atoms with Crippen LogP contribution in [0.1, 0.15) is 58.2 Å². The number of carbonyl (C=O) groups excluding carboxylic acids is 1. The Hall–Kier alpha value is -1.69. The van der Waals surface area contributed by atoms with E-state index in [2.05, 4.69) is 4.52 Å². The summed E-state index contributed by atoms with van der Waals surface area (Å²) in [6.07, 6.45) is -2.57. The lowest BCUT2D eigenvalue weighted by Crippen LogP contribution is -2.27. The molecule has 1 rings (SSSR count). The Morgan fingerprint density at radius 3 is 2.07 bits per heavy atom. The lowest BCUT2D eigenvalue weighted by atomic mass is 9.79. The van der Waals surface area contributed by atoms with Gasteiger partial charge in [-0.05, 0) is 39.1 Å². The van der Waals surface area contributed by atoms with E-state index < -0.39 is 20.1 Å². The van der Waals surface area contributed by atoms with Gasteiger partial charge in [0.25, 0.3) is 5.78 Å². The van der Waals surface area contributed by atoms with Crippen LogP contribution in [0.2, 0.25) is 0 Å². The quantitative estimate of drug-likeness (QED) is 0.526. The summed E-state index contributed by atoms with van der Waals surface area (Å²) >= 11 is 0. The largest absolute Gasteiger partial charge is 0.701 e. The van der Waals surface area contributed by atoms with Crippen molar-refractivity contribution in [2.45, 2.75) is 58.5 Å². The highest BCUT2D eigenvalue weighted by Gasteiger charge is 2.47. The number of ether oxygens (including phenoxy) is 1. The Labute approximate surface area is 159 Å². The van der Waals surface area contributed by atoms with E-state index in [-0.39, 0.29) is 10.8 Å². The van der Waals surface area contributed by atoms with E-state index in [0.29, 0.717) is 17.4 Å². The summed E-state index contributed by atoms with van der Waals surface area (Å²) in [6.45, 7) is 12.0. The molecule has 0 bridgehead atoms. The molecular formula is C19H26F2O5P+. The molecule has 0 aliphatic carbocycles. The molecule has 1 atom stereocenters. The normalized spacial score (nSPS) is 13.8. The average molecular weight is 403 g/mol. The van der Waals surface area contributed by atoms with E-state index in [0.717, 1.165) is 11.1 Å². The van der Waals surface area contributed by atoms with Gasteiger partial charge in [-0.25, -0.2) is 0 Å². The van der Waals surface area contributed by atoms with Crippen LogP contribution in [0.25, 0.3) is 6.08 Å². The molecule has 1 unspecified atom stereocenters. The highest BCUT2D eigenvalue weighted by atomic mass is 31.1. The first kappa shape index (κ1) is 23.3. The monoisotopic (exact) mass is 403 g/mol. The summed E-state index contributed by atoms with van der Waals surface area (Å²) < 4.78 is 46.4. The van der Waals surface area contributed by atoms with Crippen molar-refractivity contribution in [2.75, 3.05) is 7.11 Å². The fourth-order valence-corrected chi connectivity index (χ4v) is 2.68. The summed E-state index contributed by atoms with van der Waals surface area (Å²) in [5.74, 6) is -1.27. The van der Waals surface area contributed by atoms with Crippen LogP contribution in [0, 0.1) is 0 Å². The smallest absolute Gasteiger partial charge is 0.496 e. The van der Waals surface area contributed by atoms with Crippen molar-refractivity contribution in [3.63, 3.8) is 0 Å². The average Bonchev–Trinajstić information content (AvgIpc) is 2.48. The van der Waals surface area contributed by atoms with E-state index in [1.54, 1.807) is 6.07 Å². The first-order valence-electron chi connectivity index (χ1n) is 8.28. The summed E-state index contributed by atoms with van der Waals surface area (Å²) in [5.41, 5.74) is 1.75. The topological polar surface area (TPSA) is 72.8 Å². The molecule has 0 saturated carbocycles. The molecule has 1 N–H and O–H groups in total. The number of hydrogen-bond acceptors (Lipinski definition) is 4. The Kier molecular flexibility index (Phi) is 7.03. The number of rotatable bonds is 6. The number of benzene rings is 1. The van der Waals surface area contributed by atoms with Gasteiger partial charge in [0.15, 0.2) is 0 Å².